The number of benzene rings is 1. The summed E-state index contributed by atoms with van der Waals surface area (Å²) in [6.45, 7) is 4.21. The highest BCUT2D eigenvalue weighted by Crippen LogP contribution is 2.14. The molecule has 2 aromatic heterocycles. The molecule has 0 saturated carbocycles. The number of H-pyrrole nitrogens is 1. The second-order valence-electron chi connectivity index (χ2n) is 5.90. The number of rotatable bonds is 8. The lowest BCUT2D eigenvalue weighted by molar-refractivity contribution is 0.577. The largest absolute Gasteiger partial charge is 0.461 e. The lowest BCUT2D eigenvalue weighted by atomic mass is 10.1. The van der Waals surface area contributed by atoms with Crippen LogP contribution in [0.1, 0.15) is 18.3 Å². The van der Waals surface area contributed by atoms with E-state index in [-0.39, 0.29) is 0 Å². The standard InChI is InChI=1S/C19H23ClN6O/c1-2-21-19(22-10-8-14-5-3-6-15(20)13-14)23-11-9-17-24-18(26-25-17)16-7-4-12-27-16/h3-7,12-13H,2,8-11H2,1H3,(H2,21,22,23)(H,24,25,26). The zero-order valence-electron chi connectivity index (χ0n) is 15.2. The normalized spacial score (nSPS) is 11.6. The van der Waals surface area contributed by atoms with Crippen molar-refractivity contribution in [3.05, 3.63) is 59.1 Å². The van der Waals surface area contributed by atoms with Crippen LogP contribution in [0.3, 0.4) is 0 Å². The molecule has 0 aliphatic carbocycles. The summed E-state index contributed by atoms with van der Waals surface area (Å²) in [5, 5.41) is 14.4. The first-order valence-electron chi connectivity index (χ1n) is 8.96. The fourth-order valence-corrected chi connectivity index (χ4v) is 2.77. The lowest BCUT2D eigenvalue weighted by Crippen LogP contribution is -2.38. The van der Waals surface area contributed by atoms with Gasteiger partial charge in [-0.3, -0.25) is 10.1 Å². The van der Waals surface area contributed by atoms with E-state index in [0.29, 0.717) is 24.6 Å². The second-order valence-corrected chi connectivity index (χ2v) is 6.34. The first-order chi connectivity index (χ1) is 13.2. The summed E-state index contributed by atoms with van der Waals surface area (Å²) >= 11 is 6.02. The van der Waals surface area contributed by atoms with Crippen LogP contribution >= 0.6 is 11.6 Å². The van der Waals surface area contributed by atoms with E-state index in [2.05, 4.69) is 36.9 Å². The van der Waals surface area contributed by atoms with Gasteiger partial charge in [0.15, 0.2) is 11.7 Å². The number of nitrogens with one attached hydrogen (secondary N) is 3. The zero-order valence-corrected chi connectivity index (χ0v) is 16.0. The molecule has 0 radical (unpaired) electrons. The van der Waals surface area contributed by atoms with E-state index in [4.69, 9.17) is 16.0 Å². The Balaban J connectivity index is 1.48. The van der Waals surface area contributed by atoms with Crippen molar-refractivity contribution >= 4 is 17.6 Å². The molecular formula is C19H23ClN6O. The fraction of sp³-hybridized carbons (Fsp3) is 0.316. The van der Waals surface area contributed by atoms with Gasteiger partial charge in [0, 0.05) is 31.1 Å². The smallest absolute Gasteiger partial charge is 0.216 e. The molecule has 1 aromatic carbocycles. The summed E-state index contributed by atoms with van der Waals surface area (Å²) in [7, 11) is 0. The maximum absolute atomic E-state index is 6.02. The Kier molecular flexibility index (Phi) is 6.87. The number of hydrogen-bond acceptors (Lipinski definition) is 4. The molecular weight excluding hydrogens is 364 g/mol. The molecule has 27 heavy (non-hydrogen) atoms. The van der Waals surface area contributed by atoms with E-state index < -0.39 is 0 Å². The summed E-state index contributed by atoms with van der Waals surface area (Å²) in [5.41, 5.74) is 1.19. The van der Waals surface area contributed by atoms with Gasteiger partial charge in [0.2, 0.25) is 5.82 Å². The van der Waals surface area contributed by atoms with Gasteiger partial charge in [-0.1, -0.05) is 23.7 Å². The molecule has 0 aliphatic heterocycles. The first-order valence-corrected chi connectivity index (χ1v) is 9.34. The Morgan fingerprint density at radius 2 is 2.15 bits per heavy atom. The van der Waals surface area contributed by atoms with Crippen molar-refractivity contribution in [2.24, 2.45) is 4.99 Å². The van der Waals surface area contributed by atoms with Crippen molar-refractivity contribution in [3.63, 3.8) is 0 Å². The van der Waals surface area contributed by atoms with Gasteiger partial charge >= 0.3 is 0 Å². The molecule has 8 heteroatoms. The maximum atomic E-state index is 6.02. The highest BCUT2D eigenvalue weighted by Gasteiger charge is 2.08. The van der Waals surface area contributed by atoms with Gasteiger partial charge in [0.1, 0.15) is 5.82 Å². The number of furan rings is 1. The van der Waals surface area contributed by atoms with Gasteiger partial charge in [0.05, 0.1) is 6.26 Å². The zero-order chi connectivity index (χ0) is 18.9. The summed E-state index contributed by atoms with van der Waals surface area (Å²) in [6, 6.07) is 11.5. The molecule has 7 nitrogen and oxygen atoms in total. The van der Waals surface area contributed by atoms with E-state index >= 15 is 0 Å². The molecule has 0 fully saturated rings. The van der Waals surface area contributed by atoms with Gasteiger partial charge in [-0.05, 0) is 43.2 Å². The van der Waals surface area contributed by atoms with Crippen molar-refractivity contribution in [2.45, 2.75) is 19.8 Å². The van der Waals surface area contributed by atoms with Crippen LogP contribution in [0.15, 0.2) is 52.1 Å². The average molecular weight is 387 g/mol. The number of guanidine groups is 1. The van der Waals surface area contributed by atoms with Crippen molar-refractivity contribution in [1.82, 2.24) is 25.8 Å². The molecule has 0 spiro atoms. The molecule has 3 N–H and O–H groups in total. The molecule has 0 amide bonds. The van der Waals surface area contributed by atoms with Gasteiger partial charge in [-0.15, -0.1) is 0 Å². The molecule has 3 aromatic rings. The Morgan fingerprint density at radius 3 is 2.93 bits per heavy atom. The molecule has 0 bridgehead atoms. The molecule has 0 saturated heterocycles. The third kappa shape index (κ3) is 5.86. The Hall–Kier alpha value is -2.80. The van der Waals surface area contributed by atoms with Crippen LogP contribution in [0.25, 0.3) is 11.6 Å². The number of aromatic nitrogens is 3. The second kappa shape index (κ2) is 9.78. The highest BCUT2D eigenvalue weighted by atomic mass is 35.5. The van der Waals surface area contributed by atoms with Crippen molar-refractivity contribution < 1.29 is 4.42 Å². The monoisotopic (exact) mass is 386 g/mol. The number of halogens is 1. The Morgan fingerprint density at radius 1 is 1.22 bits per heavy atom. The van der Waals surface area contributed by atoms with E-state index in [9.17, 15) is 0 Å². The fourth-order valence-electron chi connectivity index (χ4n) is 2.56. The quantitative estimate of drug-likeness (QED) is 0.409. The van der Waals surface area contributed by atoms with Crippen LogP contribution in [0.4, 0.5) is 0 Å². The average Bonchev–Trinajstić information content (AvgIpc) is 3.33. The number of aliphatic imine (C=N–C) groups is 1. The molecule has 3 rings (SSSR count). The first kappa shape index (κ1) is 19.0. The maximum Gasteiger partial charge on any atom is 0.216 e. The van der Waals surface area contributed by atoms with Crippen molar-refractivity contribution in [2.75, 3.05) is 19.6 Å². The number of aromatic amines is 1. The molecule has 0 unspecified atom stereocenters. The Bertz CT molecular complexity index is 859. The molecule has 142 valence electrons. The predicted molar refractivity (Wildman–Crippen MR) is 107 cm³/mol. The minimum Gasteiger partial charge on any atom is -0.461 e. The minimum absolute atomic E-state index is 0.561. The van der Waals surface area contributed by atoms with Crippen LogP contribution in [-0.2, 0) is 12.8 Å². The minimum atomic E-state index is 0.561. The third-order valence-electron chi connectivity index (χ3n) is 3.83. The van der Waals surface area contributed by atoms with E-state index in [1.807, 2.05) is 37.3 Å². The molecule has 0 aliphatic rings. The van der Waals surface area contributed by atoms with Crippen LogP contribution in [0, 0.1) is 0 Å². The highest BCUT2D eigenvalue weighted by molar-refractivity contribution is 6.30. The summed E-state index contributed by atoms with van der Waals surface area (Å²) in [4.78, 5) is 9.01. The van der Waals surface area contributed by atoms with Crippen LogP contribution in [0.2, 0.25) is 5.02 Å². The van der Waals surface area contributed by atoms with E-state index in [1.165, 1.54) is 5.56 Å². The van der Waals surface area contributed by atoms with Gasteiger partial charge in [-0.25, -0.2) is 4.98 Å². The van der Waals surface area contributed by atoms with E-state index in [0.717, 1.165) is 36.3 Å². The van der Waals surface area contributed by atoms with Gasteiger partial charge < -0.3 is 15.1 Å². The van der Waals surface area contributed by atoms with Gasteiger partial charge in [0.25, 0.3) is 0 Å². The number of nitrogens with zero attached hydrogens (tertiary/aromatic N) is 3. The van der Waals surface area contributed by atoms with E-state index in [1.54, 1.807) is 6.26 Å². The lowest BCUT2D eigenvalue weighted by Gasteiger charge is -2.11. The molecule has 2 heterocycles. The molecule has 0 atom stereocenters. The Labute approximate surface area is 163 Å². The van der Waals surface area contributed by atoms with Crippen LogP contribution < -0.4 is 10.6 Å². The van der Waals surface area contributed by atoms with Crippen molar-refractivity contribution in [3.8, 4) is 11.6 Å². The summed E-state index contributed by atoms with van der Waals surface area (Å²) < 4.78 is 5.29. The van der Waals surface area contributed by atoms with Crippen LogP contribution in [0.5, 0.6) is 0 Å². The number of hydrogen-bond donors (Lipinski definition) is 3. The van der Waals surface area contributed by atoms with Crippen LogP contribution in [-0.4, -0.2) is 40.8 Å². The topological polar surface area (TPSA) is 91.1 Å². The third-order valence-corrected chi connectivity index (χ3v) is 4.07. The SMILES string of the molecule is CCNC(=NCCc1nc(-c2ccco2)n[nH]1)NCCc1cccc(Cl)c1. The van der Waals surface area contributed by atoms with Gasteiger partial charge in [-0.2, -0.15) is 5.10 Å². The van der Waals surface area contributed by atoms with Crippen molar-refractivity contribution in [1.29, 1.82) is 0 Å². The predicted octanol–water partition coefficient (Wildman–Crippen LogP) is 3.06. The summed E-state index contributed by atoms with van der Waals surface area (Å²) in [6.07, 6.45) is 3.14. The summed E-state index contributed by atoms with van der Waals surface area (Å²) in [5.74, 6) is 2.77.